The Kier molecular flexibility index (Phi) is 1.87. The summed E-state index contributed by atoms with van der Waals surface area (Å²) in [7, 11) is 0. The SMILES string of the molecule is CC1CCn2cc(C(=O)O)cc2C1. The topological polar surface area (TPSA) is 42.2 Å². The first-order valence-corrected chi connectivity index (χ1v) is 4.59. The van der Waals surface area contributed by atoms with Gasteiger partial charge in [0.05, 0.1) is 5.56 Å². The van der Waals surface area contributed by atoms with Gasteiger partial charge < -0.3 is 9.67 Å². The van der Waals surface area contributed by atoms with E-state index in [1.165, 1.54) is 0 Å². The van der Waals surface area contributed by atoms with Gasteiger partial charge >= 0.3 is 5.97 Å². The summed E-state index contributed by atoms with van der Waals surface area (Å²) in [4.78, 5) is 10.7. The van der Waals surface area contributed by atoms with E-state index in [1.807, 2.05) is 0 Å². The van der Waals surface area contributed by atoms with Gasteiger partial charge in [0.15, 0.2) is 0 Å². The Morgan fingerprint density at radius 3 is 3.15 bits per heavy atom. The van der Waals surface area contributed by atoms with E-state index in [4.69, 9.17) is 5.11 Å². The maximum absolute atomic E-state index is 10.7. The number of aromatic carboxylic acids is 1. The molecule has 0 saturated heterocycles. The minimum absolute atomic E-state index is 0.420. The molecule has 2 heterocycles. The molecule has 3 nitrogen and oxygen atoms in total. The third-order valence-electron chi connectivity index (χ3n) is 2.65. The minimum Gasteiger partial charge on any atom is -0.478 e. The molecular formula is C10H13NO2. The molecule has 2 rings (SSSR count). The molecule has 1 aliphatic rings. The Hall–Kier alpha value is -1.25. The molecule has 1 aromatic rings. The molecule has 0 fully saturated rings. The van der Waals surface area contributed by atoms with E-state index in [-0.39, 0.29) is 0 Å². The predicted octanol–water partition coefficient (Wildman–Crippen LogP) is 1.77. The predicted molar refractivity (Wildman–Crippen MR) is 48.9 cm³/mol. The van der Waals surface area contributed by atoms with E-state index in [9.17, 15) is 4.79 Å². The first-order valence-electron chi connectivity index (χ1n) is 4.59. The maximum atomic E-state index is 10.7. The normalized spacial score (nSPS) is 21.2. The van der Waals surface area contributed by atoms with Gasteiger partial charge in [-0.3, -0.25) is 0 Å². The molecule has 0 radical (unpaired) electrons. The highest BCUT2D eigenvalue weighted by molar-refractivity contribution is 5.87. The number of rotatable bonds is 1. The Morgan fingerprint density at radius 2 is 2.46 bits per heavy atom. The molecule has 0 aromatic carbocycles. The van der Waals surface area contributed by atoms with Crippen LogP contribution in [0.25, 0.3) is 0 Å². The van der Waals surface area contributed by atoms with Gasteiger partial charge in [-0.2, -0.15) is 0 Å². The van der Waals surface area contributed by atoms with Crippen molar-refractivity contribution in [3.05, 3.63) is 23.5 Å². The van der Waals surface area contributed by atoms with Crippen molar-refractivity contribution in [2.45, 2.75) is 26.3 Å². The molecule has 0 aliphatic carbocycles. The van der Waals surface area contributed by atoms with Gasteiger partial charge in [-0.25, -0.2) is 4.79 Å². The van der Waals surface area contributed by atoms with E-state index in [2.05, 4.69) is 11.5 Å². The second-order valence-electron chi connectivity index (χ2n) is 3.82. The Labute approximate surface area is 77.0 Å². The van der Waals surface area contributed by atoms with Crippen molar-refractivity contribution in [3.63, 3.8) is 0 Å². The van der Waals surface area contributed by atoms with Crippen LogP contribution in [0.15, 0.2) is 12.3 Å². The largest absolute Gasteiger partial charge is 0.478 e. The van der Waals surface area contributed by atoms with Crippen molar-refractivity contribution in [2.75, 3.05) is 0 Å². The average Bonchev–Trinajstić information content (AvgIpc) is 2.46. The van der Waals surface area contributed by atoms with Gasteiger partial charge in [-0.05, 0) is 24.8 Å². The monoisotopic (exact) mass is 179 g/mol. The van der Waals surface area contributed by atoms with Crippen molar-refractivity contribution < 1.29 is 9.90 Å². The number of aryl methyl sites for hydroxylation is 1. The lowest BCUT2D eigenvalue weighted by molar-refractivity contribution is 0.0697. The molecule has 1 aromatic heterocycles. The highest BCUT2D eigenvalue weighted by Crippen LogP contribution is 2.22. The molecule has 0 amide bonds. The van der Waals surface area contributed by atoms with Gasteiger partial charge in [0.1, 0.15) is 0 Å². The number of carboxylic acid groups (broad SMARTS) is 1. The molecule has 13 heavy (non-hydrogen) atoms. The van der Waals surface area contributed by atoms with Crippen LogP contribution in [0.1, 0.15) is 29.4 Å². The van der Waals surface area contributed by atoms with Crippen LogP contribution < -0.4 is 0 Å². The number of carbonyl (C=O) groups is 1. The van der Waals surface area contributed by atoms with Crippen molar-refractivity contribution in [3.8, 4) is 0 Å². The molecule has 0 bridgehead atoms. The zero-order valence-electron chi connectivity index (χ0n) is 7.66. The fourth-order valence-corrected chi connectivity index (χ4v) is 1.87. The van der Waals surface area contributed by atoms with Crippen LogP contribution in [-0.2, 0) is 13.0 Å². The number of fused-ring (bicyclic) bond motifs is 1. The van der Waals surface area contributed by atoms with Crippen LogP contribution in [0.3, 0.4) is 0 Å². The van der Waals surface area contributed by atoms with Crippen LogP contribution in [0.2, 0.25) is 0 Å². The summed E-state index contributed by atoms with van der Waals surface area (Å²) < 4.78 is 2.06. The molecule has 0 saturated carbocycles. The van der Waals surface area contributed by atoms with E-state index >= 15 is 0 Å². The first kappa shape index (κ1) is 8.35. The van der Waals surface area contributed by atoms with E-state index < -0.39 is 5.97 Å². The zero-order valence-corrected chi connectivity index (χ0v) is 7.66. The molecule has 1 unspecified atom stereocenters. The van der Waals surface area contributed by atoms with Crippen LogP contribution in [-0.4, -0.2) is 15.6 Å². The summed E-state index contributed by atoms with van der Waals surface area (Å²) in [6.45, 7) is 3.17. The maximum Gasteiger partial charge on any atom is 0.337 e. The van der Waals surface area contributed by atoms with Crippen LogP contribution in [0.5, 0.6) is 0 Å². The quantitative estimate of drug-likeness (QED) is 0.713. The molecular weight excluding hydrogens is 166 g/mol. The van der Waals surface area contributed by atoms with Crippen LogP contribution in [0, 0.1) is 5.92 Å². The third kappa shape index (κ3) is 1.46. The smallest absolute Gasteiger partial charge is 0.337 e. The standard InChI is InChI=1S/C10H13NO2/c1-7-2-3-11-6-8(10(12)13)5-9(11)4-7/h5-7H,2-4H2,1H3,(H,12,13). The Bertz CT molecular complexity index is 341. The van der Waals surface area contributed by atoms with E-state index in [1.54, 1.807) is 12.3 Å². The summed E-state index contributed by atoms with van der Waals surface area (Å²) in [5.74, 6) is -0.140. The lowest BCUT2D eigenvalue weighted by atomic mass is 9.98. The van der Waals surface area contributed by atoms with Crippen molar-refractivity contribution in [1.82, 2.24) is 4.57 Å². The first-order chi connectivity index (χ1) is 6.16. The molecule has 1 aliphatic heterocycles. The third-order valence-corrected chi connectivity index (χ3v) is 2.65. The van der Waals surface area contributed by atoms with Gasteiger partial charge in [-0.1, -0.05) is 6.92 Å². The van der Waals surface area contributed by atoms with Gasteiger partial charge in [0.25, 0.3) is 0 Å². The number of hydrogen-bond donors (Lipinski definition) is 1. The minimum atomic E-state index is -0.824. The summed E-state index contributed by atoms with van der Waals surface area (Å²) >= 11 is 0. The fraction of sp³-hybridized carbons (Fsp3) is 0.500. The van der Waals surface area contributed by atoms with Gasteiger partial charge in [0, 0.05) is 18.4 Å². The van der Waals surface area contributed by atoms with Gasteiger partial charge in [-0.15, -0.1) is 0 Å². The van der Waals surface area contributed by atoms with E-state index in [0.717, 1.165) is 25.1 Å². The summed E-state index contributed by atoms with van der Waals surface area (Å²) in [5.41, 5.74) is 1.58. The van der Waals surface area contributed by atoms with Crippen molar-refractivity contribution in [1.29, 1.82) is 0 Å². The van der Waals surface area contributed by atoms with Crippen molar-refractivity contribution in [2.24, 2.45) is 5.92 Å². The summed E-state index contributed by atoms with van der Waals surface area (Å²) in [5, 5.41) is 8.79. The molecule has 1 atom stereocenters. The molecule has 70 valence electrons. The Morgan fingerprint density at radius 1 is 1.69 bits per heavy atom. The van der Waals surface area contributed by atoms with Crippen LogP contribution >= 0.6 is 0 Å². The zero-order chi connectivity index (χ0) is 9.42. The molecule has 3 heteroatoms. The second kappa shape index (κ2) is 2.91. The van der Waals surface area contributed by atoms with Crippen molar-refractivity contribution >= 4 is 5.97 Å². The highest BCUT2D eigenvalue weighted by atomic mass is 16.4. The highest BCUT2D eigenvalue weighted by Gasteiger charge is 2.17. The number of hydrogen-bond acceptors (Lipinski definition) is 1. The molecule has 1 N–H and O–H groups in total. The molecule has 0 spiro atoms. The average molecular weight is 179 g/mol. The lowest BCUT2D eigenvalue weighted by Crippen LogP contribution is -2.15. The summed E-state index contributed by atoms with van der Waals surface area (Å²) in [6.07, 6.45) is 3.90. The number of aromatic nitrogens is 1. The number of nitrogens with zero attached hydrogens (tertiary/aromatic N) is 1. The van der Waals surface area contributed by atoms with E-state index in [0.29, 0.717) is 11.5 Å². The summed E-state index contributed by atoms with van der Waals surface area (Å²) in [6, 6.07) is 1.79. The van der Waals surface area contributed by atoms with Gasteiger partial charge in [0.2, 0.25) is 0 Å². The fourth-order valence-electron chi connectivity index (χ4n) is 1.87. The van der Waals surface area contributed by atoms with Crippen LogP contribution in [0.4, 0.5) is 0 Å². The lowest BCUT2D eigenvalue weighted by Gasteiger charge is -2.20. The second-order valence-corrected chi connectivity index (χ2v) is 3.82. The number of carboxylic acids is 1. The Balaban J connectivity index is 2.33.